The summed E-state index contributed by atoms with van der Waals surface area (Å²) in [4.78, 5) is 15.8. The lowest BCUT2D eigenvalue weighted by atomic mass is 10.1. The normalized spacial score (nSPS) is 12.3. The van der Waals surface area contributed by atoms with Crippen LogP contribution in [0, 0.1) is 13.8 Å². The molecule has 1 amide bonds. The fraction of sp³-hybridized carbons (Fsp3) is 0.185. The fourth-order valence-electron chi connectivity index (χ4n) is 3.91. The number of carbonyl (C=O) groups is 1. The third kappa shape index (κ3) is 5.67. The van der Waals surface area contributed by atoms with Crippen LogP contribution in [0.4, 0.5) is 0 Å². The smallest absolute Gasteiger partial charge is 0.233 e. The molecule has 0 radical (unpaired) electrons. The molecule has 1 unspecified atom stereocenters. The van der Waals surface area contributed by atoms with E-state index in [1.807, 2.05) is 44.2 Å². The van der Waals surface area contributed by atoms with Crippen LogP contribution in [0.25, 0.3) is 10.9 Å². The van der Waals surface area contributed by atoms with Gasteiger partial charge in [0.05, 0.1) is 22.2 Å². The van der Waals surface area contributed by atoms with Crippen LogP contribution >= 0.6 is 0 Å². The molecule has 1 heterocycles. The van der Waals surface area contributed by atoms with Crippen LogP contribution in [-0.2, 0) is 21.2 Å². The number of rotatable bonds is 9. The van der Waals surface area contributed by atoms with E-state index >= 15 is 0 Å². The van der Waals surface area contributed by atoms with Crippen molar-refractivity contribution in [2.45, 2.75) is 31.4 Å². The van der Waals surface area contributed by atoms with E-state index < -0.39 is 21.6 Å². The van der Waals surface area contributed by atoms with Gasteiger partial charge in [0.15, 0.2) is 9.84 Å². The summed E-state index contributed by atoms with van der Waals surface area (Å²) < 4.78 is 32.1. The second kappa shape index (κ2) is 10.2. The second-order valence-corrected chi connectivity index (χ2v) is 10.4. The Morgan fingerprint density at radius 2 is 1.69 bits per heavy atom. The largest absolute Gasteiger partial charge is 0.489 e. The minimum Gasteiger partial charge on any atom is -0.489 e. The standard InChI is InChI=1S/C27H26N2O5S/c1-19-7-9-21(10-8-19)27(29(31)18-30)17-35(32,33)24-13-11-23(12-14-24)34-16-22-15-20(2)28-26-6-4-3-5-25(22)26/h3-15,18,27,31H,16-17H2,1-2H3. The molecule has 7 nitrogen and oxygen atoms in total. The van der Waals surface area contributed by atoms with Gasteiger partial charge in [-0.3, -0.25) is 15.0 Å². The summed E-state index contributed by atoms with van der Waals surface area (Å²) in [6.07, 6.45) is 0.210. The zero-order chi connectivity index (χ0) is 25.0. The maximum Gasteiger partial charge on any atom is 0.233 e. The molecule has 1 N–H and O–H groups in total. The van der Waals surface area contributed by atoms with Gasteiger partial charge >= 0.3 is 0 Å². The van der Waals surface area contributed by atoms with Gasteiger partial charge in [-0.25, -0.2) is 13.5 Å². The zero-order valence-electron chi connectivity index (χ0n) is 19.5. The summed E-state index contributed by atoms with van der Waals surface area (Å²) in [5.74, 6) is 0.0580. The van der Waals surface area contributed by atoms with Crippen LogP contribution in [0.15, 0.2) is 83.8 Å². The fourth-order valence-corrected chi connectivity index (χ4v) is 5.41. The molecule has 0 saturated carbocycles. The summed E-state index contributed by atoms with van der Waals surface area (Å²) in [5, 5.41) is 11.4. The number of aromatic nitrogens is 1. The van der Waals surface area contributed by atoms with Crippen LogP contribution < -0.4 is 4.74 Å². The number of fused-ring (bicyclic) bond motifs is 1. The number of hydrogen-bond acceptors (Lipinski definition) is 6. The number of benzene rings is 3. The van der Waals surface area contributed by atoms with Crippen LogP contribution in [0.2, 0.25) is 0 Å². The Bertz CT molecular complexity index is 1440. The third-order valence-electron chi connectivity index (χ3n) is 5.77. The first kappa shape index (κ1) is 24.4. The lowest BCUT2D eigenvalue weighted by Gasteiger charge is -2.23. The SMILES string of the molecule is Cc1ccc(C(CS(=O)(=O)c2ccc(OCc3cc(C)nc4ccccc34)cc2)N(O)C=O)cc1. The van der Waals surface area contributed by atoms with E-state index in [4.69, 9.17) is 4.74 Å². The molecular formula is C27H26N2O5S. The monoisotopic (exact) mass is 490 g/mol. The van der Waals surface area contributed by atoms with E-state index in [0.717, 1.165) is 27.7 Å². The van der Waals surface area contributed by atoms with Gasteiger partial charge in [0, 0.05) is 16.6 Å². The molecule has 0 saturated heterocycles. The van der Waals surface area contributed by atoms with Crippen molar-refractivity contribution in [2.24, 2.45) is 0 Å². The highest BCUT2D eigenvalue weighted by molar-refractivity contribution is 7.91. The third-order valence-corrected chi connectivity index (χ3v) is 7.52. The van der Waals surface area contributed by atoms with Crippen molar-refractivity contribution < 1.29 is 23.2 Å². The maximum atomic E-state index is 13.1. The predicted octanol–water partition coefficient (Wildman–Crippen LogP) is 4.79. The van der Waals surface area contributed by atoms with E-state index in [0.29, 0.717) is 23.0 Å². The van der Waals surface area contributed by atoms with Crippen molar-refractivity contribution in [3.8, 4) is 5.75 Å². The highest BCUT2D eigenvalue weighted by atomic mass is 32.2. The number of carbonyl (C=O) groups excluding carboxylic acids is 1. The Morgan fingerprint density at radius 3 is 2.37 bits per heavy atom. The molecule has 1 atom stereocenters. The molecule has 0 aliphatic heterocycles. The number of ether oxygens (including phenoxy) is 1. The highest BCUT2D eigenvalue weighted by Gasteiger charge is 2.27. The van der Waals surface area contributed by atoms with E-state index in [2.05, 4.69) is 4.98 Å². The number of aryl methyl sites for hydroxylation is 2. The van der Waals surface area contributed by atoms with Crippen LogP contribution in [-0.4, -0.2) is 35.8 Å². The minimum absolute atomic E-state index is 0.0754. The quantitative estimate of drug-likeness (QED) is 0.206. The summed E-state index contributed by atoms with van der Waals surface area (Å²) in [6, 6.07) is 21.9. The molecule has 1 aromatic heterocycles. The first-order valence-corrected chi connectivity index (χ1v) is 12.7. The molecule has 0 aliphatic rings. The Kier molecular flexibility index (Phi) is 7.14. The number of sulfone groups is 1. The van der Waals surface area contributed by atoms with Gasteiger partial charge in [-0.2, -0.15) is 0 Å². The Balaban J connectivity index is 1.50. The molecule has 35 heavy (non-hydrogen) atoms. The Morgan fingerprint density at radius 1 is 1.00 bits per heavy atom. The van der Waals surface area contributed by atoms with Gasteiger partial charge in [-0.1, -0.05) is 48.0 Å². The number of nitrogens with zero attached hydrogens (tertiary/aromatic N) is 2. The van der Waals surface area contributed by atoms with Crippen molar-refractivity contribution in [3.63, 3.8) is 0 Å². The zero-order valence-corrected chi connectivity index (χ0v) is 20.3. The summed E-state index contributed by atoms with van der Waals surface area (Å²) in [5.41, 5.74) is 4.27. The summed E-state index contributed by atoms with van der Waals surface area (Å²) in [6.45, 7) is 4.13. The molecule has 0 spiro atoms. The minimum atomic E-state index is -3.82. The molecule has 0 bridgehead atoms. The first-order valence-electron chi connectivity index (χ1n) is 11.1. The lowest BCUT2D eigenvalue weighted by molar-refractivity contribution is -0.158. The van der Waals surface area contributed by atoms with Gasteiger partial charge < -0.3 is 4.74 Å². The maximum absolute atomic E-state index is 13.1. The van der Waals surface area contributed by atoms with Crippen molar-refractivity contribution in [3.05, 3.63) is 101 Å². The number of amides is 1. The Hall–Kier alpha value is -3.75. The van der Waals surface area contributed by atoms with Crippen LogP contribution in [0.3, 0.4) is 0 Å². The van der Waals surface area contributed by atoms with Gasteiger partial charge in [-0.05, 0) is 55.8 Å². The molecule has 4 rings (SSSR count). The van der Waals surface area contributed by atoms with Crippen molar-refractivity contribution in [2.75, 3.05) is 5.75 Å². The van der Waals surface area contributed by atoms with Gasteiger partial charge in [-0.15, -0.1) is 0 Å². The molecule has 180 valence electrons. The van der Waals surface area contributed by atoms with Gasteiger partial charge in [0.2, 0.25) is 6.41 Å². The van der Waals surface area contributed by atoms with Crippen LogP contribution in [0.5, 0.6) is 5.75 Å². The van der Waals surface area contributed by atoms with E-state index in [-0.39, 0.29) is 11.3 Å². The summed E-state index contributed by atoms with van der Waals surface area (Å²) in [7, 11) is -3.82. The van der Waals surface area contributed by atoms with Crippen molar-refractivity contribution in [1.82, 2.24) is 10.0 Å². The number of hydroxylamine groups is 2. The molecule has 4 aromatic rings. The number of pyridine rings is 1. The van der Waals surface area contributed by atoms with Gasteiger partial charge in [0.25, 0.3) is 0 Å². The van der Waals surface area contributed by atoms with E-state index in [1.165, 1.54) is 12.1 Å². The second-order valence-electron chi connectivity index (χ2n) is 8.39. The molecular weight excluding hydrogens is 464 g/mol. The number of hydrogen-bond donors (Lipinski definition) is 1. The molecule has 8 heteroatoms. The van der Waals surface area contributed by atoms with Gasteiger partial charge in [0.1, 0.15) is 12.4 Å². The van der Waals surface area contributed by atoms with E-state index in [9.17, 15) is 18.4 Å². The molecule has 0 aliphatic carbocycles. The van der Waals surface area contributed by atoms with Crippen molar-refractivity contribution >= 4 is 27.2 Å². The average molecular weight is 491 g/mol. The topological polar surface area (TPSA) is 96.8 Å². The van der Waals surface area contributed by atoms with Crippen LogP contribution in [0.1, 0.15) is 28.4 Å². The van der Waals surface area contributed by atoms with Crippen molar-refractivity contribution in [1.29, 1.82) is 0 Å². The molecule has 0 fully saturated rings. The highest BCUT2D eigenvalue weighted by Crippen LogP contribution is 2.26. The Labute approximate surface area is 204 Å². The summed E-state index contributed by atoms with van der Waals surface area (Å²) >= 11 is 0. The van der Waals surface area contributed by atoms with E-state index in [1.54, 1.807) is 36.4 Å². The predicted molar refractivity (Wildman–Crippen MR) is 133 cm³/mol. The average Bonchev–Trinajstić information content (AvgIpc) is 2.86. The first-order chi connectivity index (χ1) is 16.8. The molecule has 3 aromatic carbocycles. The number of para-hydroxylation sites is 1. The lowest BCUT2D eigenvalue weighted by Crippen LogP contribution is -2.30.